The monoisotopic (exact) mass is 317 g/mol. The smallest absolute Gasteiger partial charge is 0.276 e. The maximum absolute atomic E-state index is 12.6. The van der Waals surface area contributed by atoms with Gasteiger partial charge in [0.1, 0.15) is 0 Å². The van der Waals surface area contributed by atoms with Gasteiger partial charge in [-0.15, -0.1) is 0 Å². The third-order valence-corrected chi connectivity index (χ3v) is 4.76. The number of hydrogen-bond donors (Lipinski definition) is 1. The maximum Gasteiger partial charge on any atom is 0.276 e. The number of H-pyrrole nitrogens is 1. The van der Waals surface area contributed by atoms with E-state index in [0.717, 1.165) is 6.54 Å². The number of likely N-dealkylation sites (tertiary alicyclic amines) is 1. The van der Waals surface area contributed by atoms with Crippen molar-refractivity contribution in [1.82, 2.24) is 24.4 Å². The summed E-state index contributed by atoms with van der Waals surface area (Å²) < 4.78 is 1.38. The van der Waals surface area contributed by atoms with Gasteiger partial charge in [-0.3, -0.25) is 14.7 Å². The van der Waals surface area contributed by atoms with E-state index in [1.54, 1.807) is 19.2 Å². The van der Waals surface area contributed by atoms with E-state index in [-0.39, 0.29) is 17.9 Å². The molecule has 0 aromatic carbocycles. The normalized spacial score (nSPS) is 21.5. The summed E-state index contributed by atoms with van der Waals surface area (Å²) in [5.74, 6) is 0.426. The SMILES string of the molecule is Cc1nc2cc[nH]n2c(=O)c1CC(=O)N1C[C@@H](C)[C@H](N(C)C)C1. The molecule has 0 spiro atoms. The summed E-state index contributed by atoms with van der Waals surface area (Å²) in [7, 11) is 4.07. The summed E-state index contributed by atoms with van der Waals surface area (Å²) >= 11 is 0. The number of amides is 1. The van der Waals surface area contributed by atoms with Gasteiger partial charge in [-0.1, -0.05) is 6.92 Å². The minimum atomic E-state index is -0.192. The van der Waals surface area contributed by atoms with Crippen molar-refractivity contribution in [2.75, 3.05) is 27.2 Å². The van der Waals surface area contributed by atoms with E-state index >= 15 is 0 Å². The van der Waals surface area contributed by atoms with Gasteiger partial charge in [0.25, 0.3) is 5.56 Å². The predicted octanol–water partition coefficient (Wildman–Crippen LogP) is 0.282. The van der Waals surface area contributed by atoms with Crippen molar-refractivity contribution in [2.24, 2.45) is 5.92 Å². The lowest BCUT2D eigenvalue weighted by Crippen LogP contribution is -2.37. The number of hydrogen-bond acceptors (Lipinski definition) is 4. The third kappa shape index (κ3) is 2.76. The lowest BCUT2D eigenvalue weighted by atomic mass is 10.1. The van der Waals surface area contributed by atoms with Crippen LogP contribution in [0.3, 0.4) is 0 Å². The molecule has 3 heterocycles. The van der Waals surface area contributed by atoms with Crippen molar-refractivity contribution >= 4 is 11.6 Å². The average molecular weight is 317 g/mol. The topological polar surface area (TPSA) is 73.7 Å². The Kier molecular flexibility index (Phi) is 3.97. The molecule has 23 heavy (non-hydrogen) atoms. The fourth-order valence-electron chi connectivity index (χ4n) is 3.40. The van der Waals surface area contributed by atoms with E-state index < -0.39 is 0 Å². The molecule has 2 aromatic heterocycles. The Labute approximate surface area is 134 Å². The Hall–Kier alpha value is -2.15. The van der Waals surface area contributed by atoms with Crippen molar-refractivity contribution in [1.29, 1.82) is 0 Å². The second-order valence-corrected chi connectivity index (χ2v) is 6.62. The van der Waals surface area contributed by atoms with Crippen LogP contribution in [0.2, 0.25) is 0 Å². The first kappa shape index (κ1) is 15.7. The van der Waals surface area contributed by atoms with Gasteiger partial charge >= 0.3 is 0 Å². The van der Waals surface area contributed by atoms with E-state index in [1.165, 1.54) is 4.52 Å². The number of nitrogens with zero attached hydrogens (tertiary/aromatic N) is 4. The van der Waals surface area contributed by atoms with Gasteiger partial charge < -0.3 is 9.80 Å². The van der Waals surface area contributed by atoms with E-state index in [0.29, 0.717) is 35.4 Å². The Morgan fingerprint density at radius 1 is 1.43 bits per heavy atom. The number of carbonyl (C=O) groups excluding carboxylic acids is 1. The molecule has 124 valence electrons. The number of likely N-dealkylation sites (N-methyl/N-ethyl adjacent to an activating group) is 1. The molecule has 1 amide bonds. The quantitative estimate of drug-likeness (QED) is 0.882. The van der Waals surface area contributed by atoms with Gasteiger partial charge in [0.15, 0.2) is 5.65 Å². The predicted molar refractivity (Wildman–Crippen MR) is 87.5 cm³/mol. The highest BCUT2D eigenvalue weighted by Crippen LogP contribution is 2.20. The number of aromatic nitrogens is 3. The molecule has 7 nitrogen and oxygen atoms in total. The largest absolute Gasteiger partial charge is 0.340 e. The molecular weight excluding hydrogens is 294 g/mol. The Morgan fingerprint density at radius 2 is 2.17 bits per heavy atom. The van der Waals surface area contributed by atoms with E-state index in [9.17, 15) is 9.59 Å². The summed E-state index contributed by atoms with van der Waals surface area (Å²) in [4.78, 5) is 33.5. The summed E-state index contributed by atoms with van der Waals surface area (Å²) in [5.41, 5.74) is 1.48. The number of fused-ring (bicyclic) bond motifs is 1. The third-order valence-electron chi connectivity index (χ3n) is 4.76. The Morgan fingerprint density at radius 3 is 2.83 bits per heavy atom. The highest BCUT2D eigenvalue weighted by Gasteiger charge is 2.33. The highest BCUT2D eigenvalue weighted by atomic mass is 16.2. The first-order valence-corrected chi connectivity index (χ1v) is 7.88. The summed E-state index contributed by atoms with van der Waals surface area (Å²) in [6.07, 6.45) is 1.77. The second-order valence-electron chi connectivity index (χ2n) is 6.62. The minimum Gasteiger partial charge on any atom is -0.340 e. The first-order chi connectivity index (χ1) is 10.9. The van der Waals surface area contributed by atoms with Crippen molar-refractivity contribution in [3.05, 3.63) is 33.9 Å². The van der Waals surface area contributed by atoms with Crippen molar-refractivity contribution in [3.63, 3.8) is 0 Å². The number of aromatic amines is 1. The standard InChI is InChI=1S/C16H23N5O2/c1-10-8-20(9-13(10)19(3)4)15(22)7-12-11(2)18-14-5-6-17-21(14)16(12)23/h5-6,10,13,17H,7-9H2,1-4H3/t10-,13-/m1/s1. The van der Waals surface area contributed by atoms with Gasteiger partial charge in [-0.05, 0) is 26.9 Å². The summed E-state index contributed by atoms with van der Waals surface area (Å²) in [5, 5.41) is 2.84. The van der Waals surface area contributed by atoms with Crippen LogP contribution in [0, 0.1) is 12.8 Å². The fraction of sp³-hybridized carbons (Fsp3) is 0.562. The fourth-order valence-corrected chi connectivity index (χ4v) is 3.40. The molecule has 1 N–H and O–H groups in total. The molecule has 1 aliphatic rings. The van der Waals surface area contributed by atoms with Crippen LogP contribution in [-0.2, 0) is 11.2 Å². The van der Waals surface area contributed by atoms with Crippen LogP contribution in [0.5, 0.6) is 0 Å². The van der Waals surface area contributed by atoms with Gasteiger partial charge in [0.2, 0.25) is 5.91 Å². The van der Waals surface area contributed by atoms with Gasteiger partial charge in [0, 0.05) is 42.7 Å². The average Bonchev–Trinajstić information content (AvgIpc) is 3.09. The summed E-state index contributed by atoms with van der Waals surface area (Å²) in [6, 6.07) is 2.11. The molecule has 1 aliphatic heterocycles. The maximum atomic E-state index is 12.6. The summed E-state index contributed by atoms with van der Waals surface area (Å²) in [6.45, 7) is 5.39. The molecule has 0 unspecified atom stereocenters. The lowest BCUT2D eigenvalue weighted by Gasteiger charge is -2.22. The molecular formula is C16H23N5O2. The molecule has 2 aromatic rings. The molecule has 3 rings (SSSR count). The number of carbonyl (C=O) groups is 1. The zero-order chi connectivity index (χ0) is 16.7. The molecule has 1 saturated heterocycles. The van der Waals surface area contributed by atoms with Crippen molar-refractivity contribution < 1.29 is 4.79 Å². The van der Waals surface area contributed by atoms with Gasteiger partial charge in [0.05, 0.1) is 6.42 Å². The first-order valence-electron chi connectivity index (χ1n) is 7.88. The zero-order valence-electron chi connectivity index (χ0n) is 14.0. The van der Waals surface area contributed by atoms with Crippen LogP contribution in [0.15, 0.2) is 17.1 Å². The van der Waals surface area contributed by atoms with Gasteiger partial charge in [-0.2, -0.15) is 0 Å². The van der Waals surface area contributed by atoms with E-state index in [4.69, 9.17) is 0 Å². The van der Waals surface area contributed by atoms with Crippen LogP contribution in [-0.4, -0.2) is 63.5 Å². The zero-order valence-corrected chi connectivity index (χ0v) is 14.0. The molecule has 0 aliphatic carbocycles. The molecule has 0 radical (unpaired) electrons. The molecule has 7 heteroatoms. The van der Waals surface area contributed by atoms with Crippen LogP contribution in [0.25, 0.3) is 5.65 Å². The molecule has 2 atom stereocenters. The van der Waals surface area contributed by atoms with Crippen LogP contribution >= 0.6 is 0 Å². The Bertz CT molecular complexity index is 791. The Balaban J connectivity index is 1.83. The van der Waals surface area contributed by atoms with Crippen LogP contribution in [0.1, 0.15) is 18.2 Å². The van der Waals surface area contributed by atoms with E-state index in [1.807, 2.05) is 19.0 Å². The second kappa shape index (κ2) is 5.81. The number of rotatable bonds is 3. The van der Waals surface area contributed by atoms with Crippen molar-refractivity contribution in [2.45, 2.75) is 26.3 Å². The van der Waals surface area contributed by atoms with Crippen molar-refractivity contribution in [3.8, 4) is 0 Å². The molecule has 0 saturated carbocycles. The van der Waals surface area contributed by atoms with Gasteiger partial charge in [-0.25, -0.2) is 9.50 Å². The van der Waals surface area contributed by atoms with Crippen LogP contribution in [0.4, 0.5) is 0 Å². The number of nitrogens with one attached hydrogen (secondary N) is 1. The molecule has 1 fully saturated rings. The number of aryl methyl sites for hydroxylation is 1. The van der Waals surface area contributed by atoms with E-state index in [2.05, 4.69) is 21.9 Å². The molecule has 0 bridgehead atoms. The lowest BCUT2D eigenvalue weighted by molar-refractivity contribution is -0.129. The minimum absolute atomic E-state index is 0.00490. The highest BCUT2D eigenvalue weighted by molar-refractivity contribution is 5.79. The van der Waals surface area contributed by atoms with Crippen LogP contribution < -0.4 is 5.56 Å².